The van der Waals surface area contributed by atoms with Gasteiger partial charge in [0.15, 0.2) is 0 Å². The first kappa shape index (κ1) is 18.4. The van der Waals surface area contributed by atoms with Gasteiger partial charge < -0.3 is 9.64 Å². The van der Waals surface area contributed by atoms with Crippen molar-refractivity contribution in [1.82, 2.24) is 0 Å². The lowest BCUT2D eigenvalue weighted by Gasteiger charge is -2.26. The average molecular weight is 353 g/mol. The second-order valence-electron chi connectivity index (χ2n) is 5.97. The summed E-state index contributed by atoms with van der Waals surface area (Å²) in [6, 6.07) is 28.5. The molecule has 2 nitrogen and oxygen atoms in total. The molecule has 134 valence electrons. The summed E-state index contributed by atoms with van der Waals surface area (Å²) >= 11 is 0. The van der Waals surface area contributed by atoms with Crippen molar-refractivity contribution in [2.24, 2.45) is 0 Å². The van der Waals surface area contributed by atoms with Crippen molar-refractivity contribution in [3.05, 3.63) is 102 Å². The van der Waals surface area contributed by atoms with Crippen molar-refractivity contribution in [3.8, 4) is 17.6 Å². The number of allylic oxidation sites excluding steroid dienone is 1. The molecule has 0 aliphatic carbocycles. The largest absolute Gasteiger partial charge is 0.497 e. The van der Waals surface area contributed by atoms with Gasteiger partial charge in [0.25, 0.3) is 0 Å². The highest BCUT2D eigenvalue weighted by atomic mass is 16.5. The third-order valence-electron chi connectivity index (χ3n) is 4.26. The van der Waals surface area contributed by atoms with Crippen LogP contribution in [0, 0.1) is 11.8 Å². The number of nitrogens with zero attached hydrogens (tertiary/aromatic N) is 1. The van der Waals surface area contributed by atoms with Crippen molar-refractivity contribution in [1.29, 1.82) is 0 Å². The molecule has 0 radical (unpaired) electrons. The highest BCUT2D eigenvalue weighted by Gasteiger charge is 2.12. The number of ether oxygens (including phenoxy) is 1. The van der Waals surface area contributed by atoms with Gasteiger partial charge in [-0.15, -0.1) is 0 Å². The third kappa shape index (κ3) is 4.80. The predicted molar refractivity (Wildman–Crippen MR) is 114 cm³/mol. The minimum absolute atomic E-state index is 0.833. The Bertz CT molecular complexity index is 932. The van der Waals surface area contributed by atoms with E-state index in [2.05, 4.69) is 60.1 Å². The molecule has 0 aliphatic rings. The lowest BCUT2D eigenvalue weighted by Crippen LogP contribution is -2.20. The van der Waals surface area contributed by atoms with Crippen LogP contribution in [-0.4, -0.2) is 13.7 Å². The maximum absolute atomic E-state index is 5.29. The van der Waals surface area contributed by atoms with Gasteiger partial charge in [-0.2, -0.15) is 0 Å². The summed E-state index contributed by atoms with van der Waals surface area (Å²) < 4.78 is 5.29. The van der Waals surface area contributed by atoms with Gasteiger partial charge in [0.2, 0.25) is 0 Å². The quantitative estimate of drug-likeness (QED) is 0.553. The van der Waals surface area contributed by atoms with E-state index in [0.29, 0.717) is 0 Å². The summed E-state index contributed by atoms with van der Waals surface area (Å²) in [5.41, 5.74) is 4.33. The van der Waals surface area contributed by atoms with Crippen molar-refractivity contribution in [3.63, 3.8) is 0 Å². The maximum Gasteiger partial charge on any atom is 0.119 e. The molecule has 0 bridgehead atoms. The number of hydrogen-bond donors (Lipinski definition) is 0. The molecule has 0 saturated carbocycles. The zero-order valence-corrected chi connectivity index (χ0v) is 15.7. The molecule has 0 unspecified atom stereocenters. The zero-order chi connectivity index (χ0) is 18.9. The monoisotopic (exact) mass is 353 g/mol. The molecule has 0 aromatic heterocycles. The topological polar surface area (TPSA) is 12.5 Å². The Kier molecular flexibility index (Phi) is 6.33. The van der Waals surface area contributed by atoms with Crippen LogP contribution in [0.1, 0.15) is 18.1 Å². The Hall–Kier alpha value is -3.44. The van der Waals surface area contributed by atoms with Gasteiger partial charge in [-0.1, -0.05) is 60.4 Å². The Balaban J connectivity index is 2.00. The summed E-state index contributed by atoms with van der Waals surface area (Å²) in [4.78, 5) is 2.26. The summed E-state index contributed by atoms with van der Waals surface area (Å²) in [6.45, 7) is 2.98. The van der Waals surface area contributed by atoms with Gasteiger partial charge in [0.05, 0.1) is 12.8 Å². The fourth-order valence-electron chi connectivity index (χ4n) is 2.89. The molecule has 0 atom stereocenters. The molecule has 2 heteroatoms. The third-order valence-corrected chi connectivity index (χ3v) is 4.26. The Morgan fingerprint density at radius 3 is 2.11 bits per heavy atom. The van der Waals surface area contributed by atoms with Crippen LogP contribution < -0.4 is 9.64 Å². The highest BCUT2D eigenvalue weighted by molar-refractivity contribution is 5.81. The van der Waals surface area contributed by atoms with Gasteiger partial charge in [0.1, 0.15) is 5.75 Å². The van der Waals surface area contributed by atoms with E-state index < -0.39 is 0 Å². The number of rotatable bonds is 5. The Labute approximate surface area is 161 Å². The second kappa shape index (κ2) is 9.31. The van der Waals surface area contributed by atoms with E-state index in [4.69, 9.17) is 4.74 Å². The van der Waals surface area contributed by atoms with Crippen molar-refractivity contribution >= 4 is 11.4 Å². The summed E-state index contributed by atoms with van der Waals surface area (Å²) in [6.07, 6.45) is 2.00. The zero-order valence-electron chi connectivity index (χ0n) is 15.7. The Morgan fingerprint density at radius 2 is 1.52 bits per heavy atom. The molecule has 0 spiro atoms. The summed E-state index contributed by atoms with van der Waals surface area (Å²) in [7, 11) is 1.68. The number of methoxy groups -OCH3 is 1. The fourth-order valence-corrected chi connectivity index (χ4v) is 2.89. The number of anilines is 1. The van der Waals surface area contributed by atoms with Crippen LogP contribution in [0.3, 0.4) is 0 Å². The molecule has 0 amide bonds. The lowest BCUT2D eigenvalue weighted by molar-refractivity contribution is 0.415. The van der Waals surface area contributed by atoms with Gasteiger partial charge in [-0.05, 0) is 48.9 Å². The highest BCUT2D eigenvalue weighted by Crippen LogP contribution is 2.27. The van der Waals surface area contributed by atoms with E-state index in [9.17, 15) is 0 Å². The van der Waals surface area contributed by atoms with E-state index in [0.717, 1.165) is 34.8 Å². The van der Waals surface area contributed by atoms with Crippen molar-refractivity contribution in [2.45, 2.75) is 6.92 Å². The number of benzene rings is 3. The minimum atomic E-state index is 0.833. The van der Waals surface area contributed by atoms with E-state index in [-0.39, 0.29) is 0 Å². The summed E-state index contributed by atoms with van der Waals surface area (Å²) in [5, 5.41) is 0. The van der Waals surface area contributed by atoms with Crippen LogP contribution in [0.4, 0.5) is 5.69 Å². The first-order chi connectivity index (χ1) is 13.3. The smallest absolute Gasteiger partial charge is 0.119 e. The SMILES string of the molecule is CCN(/C(=C/C#Cc1ccccc1)c1ccccc1)c1ccc(OC)cc1. The fraction of sp³-hybridized carbons (Fsp3) is 0.120. The molecule has 0 heterocycles. The number of hydrogen-bond acceptors (Lipinski definition) is 2. The Morgan fingerprint density at radius 1 is 0.889 bits per heavy atom. The molecule has 0 saturated heterocycles. The van der Waals surface area contributed by atoms with E-state index in [1.807, 2.05) is 54.6 Å². The van der Waals surface area contributed by atoms with Crippen LogP contribution in [0.25, 0.3) is 5.70 Å². The van der Waals surface area contributed by atoms with Crippen LogP contribution in [-0.2, 0) is 0 Å². The van der Waals surface area contributed by atoms with Crippen LogP contribution in [0.2, 0.25) is 0 Å². The van der Waals surface area contributed by atoms with Crippen LogP contribution >= 0.6 is 0 Å². The molecule has 0 N–H and O–H groups in total. The van der Waals surface area contributed by atoms with E-state index >= 15 is 0 Å². The first-order valence-electron chi connectivity index (χ1n) is 9.05. The van der Waals surface area contributed by atoms with Gasteiger partial charge in [-0.3, -0.25) is 0 Å². The predicted octanol–water partition coefficient (Wildman–Crippen LogP) is 5.61. The molecular formula is C25H23NO. The maximum atomic E-state index is 5.29. The summed E-state index contributed by atoms with van der Waals surface area (Å²) in [5.74, 6) is 7.30. The molecule has 3 aromatic rings. The van der Waals surface area contributed by atoms with E-state index in [1.165, 1.54) is 0 Å². The molecule has 0 aliphatic heterocycles. The first-order valence-corrected chi connectivity index (χ1v) is 9.05. The molecule has 3 aromatic carbocycles. The molecular weight excluding hydrogens is 330 g/mol. The standard InChI is InChI=1S/C25H23NO/c1-3-26(23-17-19-24(27-2)20-18-23)25(22-14-8-5-9-15-22)16-10-13-21-11-6-4-7-12-21/h4-9,11-12,14-20H,3H2,1-2H3/b25-16+. The second-order valence-corrected chi connectivity index (χ2v) is 5.97. The molecule has 0 fully saturated rings. The van der Waals surface area contributed by atoms with Crippen LogP contribution in [0.5, 0.6) is 5.75 Å². The normalized spacial score (nSPS) is 10.7. The van der Waals surface area contributed by atoms with Crippen molar-refractivity contribution < 1.29 is 4.74 Å². The van der Waals surface area contributed by atoms with Gasteiger partial charge in [-0.25, -0.2) is 0 Å². The average Bonchev–Trinajstić information content (AvgIpc) is 2.75. The minimum Gasteiger partial charge on any atom is -0.497 e. The van der Waals surface area contributed by atoms with E-state index in [1.54, 1.807) is 7.11 Å². The van der Waals surface area contributed by atoms with Crippen LogP contribution in [0.15, 0.2) is 91.0 Å². The van der Waals surface area contributed by atoms with Gasteiger partial charge >= 0.3 is 0 Å². The molecule has 27 heavy (non-hydrogen) atoms. The van der Waals surface area contributed by atoms with Gasteiger partial charge in [0, 0.05) is 23.9 Å². The van der Waals surface area contributed by atoms with Crippen molar-refractivity contribution in [2.75, 3.05) is 18.6 Å². The molecule has 3 rings (SSSR count). The lowest BCUT2D eigenvalue weighted by atomic mass is 10.1.